The van der Waals surface area contributed by atoms with Gasteiger partial charge in [-0.2, -0.15) is 8.42 Å². The van der Waals surface area contributed by atoms with Gasteiger partial charge >= 0.3 is 103 Å². The standard InChI is InChI=1S/C8H14O7S.2K/c1-3-8(4-2,7(11)12)5(6(9)10)16(13,14)15;;/h5H,3-4H2,1-2H3,(H,9,10)(H,11,12)(H,13,14,15);;/q;2*+1/p-2. The molecule has 94 valence electrons. The van der Waals surface area contributed by atoms with E-state index < -0.39 is 32.7 Å². The van der Waals surface area contributed by atoms with E-state index in [1.54, 1.807) is 0 Å². The topological polar surface area (TPSA) is 135 Å². The van der Waals surface area contributed by atoms with E-state index in [9.17, 15) is 28.2 Å². The second-order valence-electron chi connectivity index (χ2n) is 3.36. The van der Waals surface area contributed by atoms with Crippen LogP contribution in [0.1, 0.15) is 26.7 Å². The summed E-state index contributed by atoms with van der Waals surface area (Å²) in [4.78, 5) is 21.6. The van der Waals surface area contributed by atoms with Crippen molar-refractivity contribution in [1.29, 1.82) is 0 Å². The molecular weight excluding hydrogens is 318 g/mol. The first-order valence-electron chi connectivity index (χ1n) is 4.52. The van der Waals surface area contributed by atoms with E-state index in [0.29, 0.717) is 0 Å². The molecule has 18 heavy (non-hydrogen) atoms. The van der Waals surface area contributed by atoms with E-state index in [-0.39, 0.29) is 116 Å². The fraction of sp³-hybridized carbons (Fsp3) is 0.750. The summed E-state index contributed by atoms with van der Waals surface area (Å²) >= 11 is 0. The summed E-state index contributed by atoms with van der Waals surface area (Å²) < 4.78 is 30.5. The molecule has 0 rings (SSSR count). The van der Waals surface area contributed by atoms with Crippen molar-refractivity contribution in [2.75, 3.05) is 0 Å². The van der Waals surface area contributed by atoms with Crippen molar-refractivity contribution in [2.45, 2.75) is 31.9 Å². The van der Waals surface area contributed by atoms with Gasteiger partial charge in [-0.1, -0.05) is 13.8 Å². The third kappa shape index (κ3) is 5.86. The van der Waals surface area contributed by atoms with Crippen molar-refractivity contribution in [3.63, 3.8) is 0 Å². The van der Waals surface area contributed by atoms with Gasteiger partial charge in [0.25, 0.3) is 10.1 Å². The van der Waals surface area contributed by atoms with Crippen molar-refractivity contribution in [1.82, 2.24) is 0 Å². The Labute approximate surface area is 191 Å². The molecule has 0 radical (unpaired) electrons. The summed E-state index contributed by atoms with van der Waals surface area (Å²) in [7, 11) is -5.07. The van der Waals surface area contributed by atoms with Crippen LogP contribution < -0.4 is 113 Å². The Kier molecular flexibility index (Phi) is 13.9. The van der Waals surface area contributed by atoms with Crippen LogP contribution in [0, 0.1) is 5.41 Å². The van der Waals surface area contributed by atoms with Gasteiger partial charge in [-0.25, -0.2) is 0 Å². The van der Waals surface area contributed by atoms with Crippen LogP contribution in [0.4, 0.5) is 0 Å². The van der Waals surface area contributed by atoms with Crippen LogP contribution in [0.2, 0.25) is 0 Å². The molecule has 0 bridgehead atoms. The van der Waals surface area contributed by atoms with Crippen molar-refractivity contribution >= 4 is 22.1 Å². The van der Waals surface area contributed by atoms with Gasteiger partial charge in [0.1, 0.15) is 5.25 Å². The number of carbonyl (C=O) groups excluding carboxylic acids is 2. The summed E-state index contributed by atoms with van der Waals surface area (Å²) in [6, 6.07) is 0. The van der Waals surface area contributed by atoms with Crippen LogP contribution in [-0.2, 0) is 19.7 Å². The maximum Gasteiger partial charge on any atom is 1.00 e. The summed E-state index contributed by atoms with van der Waals surface area (Å²) in [5.41, 5.74) is -2.19. The molecule has 1 unspecified atom stereocenters. The molecule has 0 aliphatic rings. The van der Waals surface area contributed by atoms with Crippen LogP contribution in [0.3, 0.4) is 0 Å². The molecule has 0 saturated carbocycles. The molecule has 0 aliphatic heterocycles. The zero-order chi connectivity index (χ0) is 13.1. The Balaban J connectivity index is -0.00000112. The quantitative estimate of drug-likeness (QED) is 0.377. The minimum atomic E-state index is -5.07. The zero-order valence-electron chi connectivity index (χ0n) is 10.8. The average Bonchev–Trinajstić information content (AvgIpc) is 2.10. The third-order valence-electron chi connectivity index (χ3n) is 2.68. The number of rotatable bonds is 6. The minimum absolute atomic E-state index is 0. The fourth-order valence-corrected chi connectivity index (χ4v) is 2.89. The number of hydrogen-bond acceptors (Lipinski definition) is 6. The Morgan fingerprint density at radius 2 is 1.50 bits per heavy atom. The number of carbonyl (C=O) groups is 2. The molecule has 0 spiro atoms. The van der Waals surface area contributed by atoms with Crippen LogP contribution in [0.25, 0.3) is 0 Å². The van der Waals surface area contributed by atoms with Gasteiger partial charge in [-0.15, -0.1) is 0 Å². The Bertz CT molecular complexity index is 388. The Morgan fingerprint density at radius 3 is 1.56 bits per heavy atom. The normalized spacial score (nSPS) is 12.8. The Hall–Kier alpha value is 2.12. The first kappa shape index (κ1) is 25.1. The number of carboxylic acid groups (broad SMARTS) is 2. The van der Waals surface area contributed by atoms with Crippen molar-refractivity contribution in [3.8, 4) is 0 Å². The SMILES string of the molecule is CCC(CC)(C(=O)[O-])C(C(=O)[O-])S(=O)(=O)O.[K+].[K+]. The van der Waals surface area contributed by atoms with Gasteiger partial charge in [0.05, 0.1) is 5.97 Å². The van der Waals surface area contributed by atoms with Gasteiger partial charge in [0.2, 0.25) is 0 Å². The number of hydrogen-bond donors (Lipinski definition) is 1. The monoisotopic (exact) mass is 330 g/mol. The molecule has 0 amide bonds. The van der Waals surface area contributed by atoms with E-state index in [1.807, 2.05) is 0 Å². The second kappa shape index (κ2) is 9.95. The summed E-state index contributed by atoms with van der Waals surface area (Å²) in [6.07, 6.45) is -0.630. The molecule has 0 aromatic carbocycles. The van der Waals surface area contributed by atoms with Crippen LogP contribution in [-0.4, -0.2) is 30.2 Å². The second-order valence-corrected chi connectivity index (χ2v) is 4.87. The molecule has 0 aromatic heterocycles. The molecular formula is C8H12K2O7S. The molecule has 0 fully saturated rings. The average molecular weight is 330 g/mol. The molecule has 1 N–H and O–H groups in total. The molecule has 1 atom stereocenters. The van der Waals surface area contributed by atoms with E-state index in [1.165, 1.54) is 13.8 Å². The molecule has 0 aliphatic carbocycles. The first-order chi connectivity index (χ1) is 7.13. The molecule has 0 saturated heterocycles. The van der Waals surface area contributed by atoms with Crippen LogP contribution >= 0.6 is 0 Å². The van der Waals surface area contributed by atoms with E-state index in [0.717, 1.165) is 0 Å². The van der Waals surface area contributed by atoms with Crippen molar-refractivity contribution < 1.29 is 136 Å². The van der Waals surface area contributed by atoms with E-state index >= 15 is 0 Å². The smallest absolute Gasteiger partial charge is 0.549 e. The Morgan fingerprint density at radius 1 is 1.17 bits per heavy atom. The largest absolute Gasteiger partial charge is 1.00 e. The van der Waals surface area contributed by atoms with Crippen LogP contribution in [0.15, 0.2) is 0 Å². The van der Waals surface area contributed by atoms with E-state index in [2.05, 4.69) is 0 Å². The number of aliphatic carboxylic acids is 2. The zero-order valence-corrected chi connectivity index (χ0v) is 17.9. The summed E-state index contributed by atoms with van der Waals surface area (Å²) in [5, 5.41) is 19.0. The third-order valence-corrected chi connectivity index (χ3v) is 3.92. The molecule has 10 heteroatoms. The maximum absolute atomic E-state index is 10.9. The van der Waals surface area contributed by atoms with Gasteiger partial charge in [0, 0.05) is 11.4 Å². The molecule has 0 heterocycles. The predicted molar refractivity (Wildman–Crippen MR) is 48.4 cm³/mol. The number of carboxylic acids is 2. The fourth-order valence-electron chi connectivity index (χ4n) is 1.65. The van der Waals surface area contributed by atoms with Crippen LogP contribution in [0.5, 0.6) is 0 Å². The first-order valence-corrected chi connectivity index (χ1v) is 6.02. The van der Waals surface area contributed by atoms with Gasteiger partial charge in [-0.05, 0) is 12.8 Å². The molecule has 7 nitrogen and oxygen atoms in total. The summed E-state index contributed by atoms with van der Waals surface area (Å²) in [5.74, 6) is -4.00. The van der Waals surface area contributed by atoms with Gasteiger partial charge < -0.3 is 19.8 Å². The van der Waals surface area contributed by atoms with Gasteiger partial charge in [-0.3, -0.25) is 4.55 Å². The maximum atomic E-state index is 10.9. The summed E-state index contributed by atoms with van der Waals surface area (Å²) in [6.45, 7) is 2.58. The van der Waals surface area contributed by atoms with Crippen molar-refractivity contribution in [3.05, 3.63) is 0 Å². The van der Waals surface area contributed by atoms with E-state index in [4.69, 9.17) is 4.55 Å². The predicted octanol–water partition coefficient (Wildman–Crippen LogP) is -8.44. The van der Waals surface area contributed by atoms with Gasteiger partial charge in [0.15, 0.2) is 0 Å². The minimum Gasteiger partial charge on any atom is -0.549 e. The molecule has 0 aromatic rings. The van der Waals surface area contributed by atoms with Crippen molar-refractivity contribution in [2.24, 2.45) is 5.41 Å².